The second kappa shape index (κ2) is 4.44. The number of ether oxygens (including phenoxy) is 1. The van der Waals surface area contributed by atoms with E-state index in [2.05, 4.69) is 4.74 Å². The summed E-state index contributed by atoms with van der Waals surface area (Å²) >= 11 is 1.26. The lowest BCUT2D eigenvalue weighted by molar-refractivity contribution is -0.138. The highest BCUT2D eigenvalue weighted by atomic mass is 32.1. The Hall–Kier alpha value is -1.80. The van der Waals surface area contributed by atoms with Gasteiger partial charge in [-0.15, -0.1) is 11.3 Å². The van der Waals surface area contributed by atoms with Gasteiger partial charge in [-0.05, 0) is 11.4 Å². The van der Waals surface area contributed by atoms with E-state index < -0.39 is 11.7 Å². The second-order valence-corrected chi connectivity index (χ2v) is 3.25. The summed E-state index contributed by atoms with van der Waals surface area (Å²) in [6, 6.07) is 5.12. The number of methoxy groups -OCH3 is 1. The molecule has 0 saturated heterocycles. The topological polar surface area (TPSA) is 70.3 Å². The van der Waals surface area contributed by atoms with Crippen molar-refractivity contribution in [1.29, 1.82) is 5.26 Å². The van der Waals surface area contributed by atoms with Crippen molar-refractivity contribution in [2.45, 2.75) is 0 Å². The van der Waals surface area contributed by atoms with Crippen LogP contribution in [0.4, 0.5) is 0 Å². The summed E-state index contributed by atoms with van der Waals surface area (Å²) in [5.74, 6) is -1.56. The molecule has 0 atom stereocenters. The van der Waals surface area contributed by atoms with Crippen LogP contribution in [-0.2, 0) is 9.53 Å². The summed E-state index contributed by atoms with van der Waals surface area (Å²) in [5.41, 5.74) is -0.0631. The van der Waals surface area contributed by atoms with Crippen molar-refractivity contribution < 1.29 is 14.6 Å². The van der Waals surface area contributed by atoms with Gasteiger partial charge in [0.05, 0.1) is 7.11 Å². The Labute approximate surface area is 84.7 Å². The van der Waals surface area contributed by atoms with E-state index in [0.29, 0.717) is 4.88 Å². The second-order valence-electron chi connectivity index (χ2n) is 2.30. The van der Waals surface area contributed by atoms with Crippen molar-refractivity contribution in [3.63, 3.8) is 0 Å². The lowest BCUT2D eigenvalue weighted by Gasteiger charge is -1.99. The minimum absolute atomic E-state index is 0.0631. The van der Waals surface area contributed by atoms with Crippen molar-refractivity contribution in [3.8, 4) is 6.07 Å². The Bertz CT molecular complexity index is 400. The Balaban J connectivity index is 3.16. The van der Waals surface area contributed by atoms with Crippen LogP contribution in [0.15, 0.2) is 23.3 Å². The third-order valence-corrected chi connectivity index (χ3v) is 2.38. The van der Waals surface area contributed by atoms with Gasteiger partial charge in [0.1, 0.15) is 11.6 Å². The molecule has 0 aliphatic rings. The van der Waals surface area contributed by atoms with Crippen LogP contribution >= 0.6 is 11.3 Å². The summed E-state index contributed by atoms with van der Waals surface area (Å²) in [5, 5.41) is 19.8. The molecule has 72 valence electrons. The van der Waals surface area contributed by atoms with E-state index in [1.54, 1.807) is 23.6 Å². The van der Waals surface area contributed by atoms with Gasteiger partial charge in [0.25, 0.3) is 0 Å². The average molecular weight is 209 g/mol. The Morgan fingerprint density at radius 1 is 1.71 bits per heavy atom. The molecule has 0 aliphatic heterocycles. The highest BCUT2D eigenvalue weighted by Crippen LogP contribution is 2.22. The van der Waals surface area contributed by atoms with E-state index >= 15 is 0 Å². The van der Waals surface area contributed by atoms with Crippen LogP contribution in [0.25, 0.3) is 5.57 Å². The van der Waals surface area contributed by atoms with E-state index in [-0.39, 0.29) is 5.57 Å². The normalized spacial score (nSPS) is 11.4. The molecule has 0 spiro atoms. The number of aliphatic hydroxyl groups is 1. The zero-order valence-corrected chi connectivity index (χ0v) is 8.17. The number of thiophene rings is 1. The van der Waals surface area contributed by atoms with E-state index in [1.807, 2.05) is 0 Å². The number of hydrogen-bond acceptors (Lipinski definition) is 5. The first-order chi connectivity index (χ1) is 6.70. The number of hydrogen-bond donors (Lipinski definition) is 1. The summed E-state index contributed by atoms with van der Waals surface area (Å²) in [4.78, 5) is 11.5. The van der Waals surface area contributed by atoms with Gasteiger partial charge in [0.2, 0.25) is 5.76 Å². The Morgan fingerprint density at radius 2 is 2.43 bits per heavy atom. The number of carbonyl (C=O) groups is 1. The minimum atomic E-state index is -0.907. The van der Waals surface area contributed by atoms with Crippen LogP contribution < -0.4 is 0 Å². The maximum atomic E-state index is 10.9. The predicted molar refractivity (Wildman–Crippen MR) is 51.5 cm³/mol. The standard InChI is InChI=1S/C9H7NO3S/c1-13-9(12)8(11)6(5-10)7-3-2-4-14-7/h2-4,11H,1H3/b8-6-. The quantitative estimate of drug-likeness (QED) is 0.348. The molecule has 0 saturated carbocycles. The van der Waals surface area contributed by atoms with E-state index in [0.717, 1.165) is 7.11 Å². The molecule has 0 bridgehead atoms. The fourth-order valence-corrected chi connectivity index (χ4v) is 1.57. The molecule has 1 rings (SSSR count). The summed E-state index contributed by atoms with van der Waals surface area (Å²) < 4.78 is 4.30. The summed E-state index contributed by atoms with van der Waals surface area (Å²) in [6.45, 7) is 0. The highest BCUT2D eigenvalue weighted by molar-refractivity contribution is 7.11. The zero-order valence-electron chi connectivity index (χ0n) is 7.35. The van der Waals surface area contributed by atoms with Crippen molar-refractivity contribution >= 4 is 22.9 Å². The van der Waals surface area contributed by atoms with Crippen molar-refractivity contribution in [2.24, 2.45) is 0 Å². The molecule has 0 aliphatic carbocycles. The van der Waals surface area contributed by atoms with Crippen molar-refractivity contribution in [3.05, 3.63) is 28.1 Å². The van der Waals surface area contributed by atoms with Crippen molar-refractivity contribution in [1.82, 2.24) is 0 Å². The molecule has 0 fully saturated rings. The van der Waals surface area contributed by atoms with E-state index in [1.165, 1.54) is 11.3 Å². The van der Waals surface area contributed by atoms with Crippen LogP contribution in [0.1, 0.15) is 4.88 Å². The van der Waals surface area contributed by atoms with Gasteiger partial charge in [0.15, 0.2) is 0 Å². The highest BCUT2D eigenvalue weighted by Gasteiger charge is 2.16. The SMILES string of the molecule is COC(=O)/C(O)=C(\C#N)c1cccs1. The molecule has 1 N–H and O–H groups in total. The number of carbonyl (C=O) groups excluding carboxylic acids is 1. The van der Waals surface area contributed by atoms with Crippen molar-refractivity contribution in [2.75, 3.05) is 7.11 Å². The van der Waals surface area contributed by atoms with Gasteiger partial charge in [-0.3, -0.25) is 0 Å². The molecule has 0 amide bonds. The zero-order chi connectivity index (χ0) is 10.6. The number of esters is 1. The first kappa shape index (κ1) is 10.3. The summed E-state index contributed by atoms with van der Waals surface area (Å²) in [7, 11) is 1.14. The molecule has 4 nitrogen and oxygen atoms in total. The van der Waals surface area contributed by atoms with Crippen LogP contribution in [-0.4, -0.2) is 18.2 Å². The van der Waals surface area contributed by atoms with Gasteiger partial charge in [-0.2, -0.15) is 5.26 Å². The van der Waals surface area contributed by atoms with Crippen LogP contribution in [0.2, 0.25) is 0 Å². The molecule has 0 radical (unpaired) electrons. The molecule has 1 aromatic heterocycles. The number of nitriles is 1. The molecule has 0 unspecified atom stereocenters. The van der Waals surface area contributed by atoms with Gasteiger partial charge in [0, 0.05) is 4.88 Å². The maximum Gasteiger partial charge on any atom is 0.374 e. The molecular formula is C9H7NO3S. The molecule has 1 heterocycles. The summed E-state index contributed by atoms with van der Waals surface area (Å²) in [6.07, 6.45) is 0. The fourth-order valence-electron chi connectivity index (χ4n) is 0.844. The fraction of sp³-hybridized carbons (Fsp3) is 0.111. The number of rotatable bonds is 2. The monoisotopic (exact) mass is 209 g/mol. The third-order valence-electron chi connectivity index (χ3n) is 1.49. The van der Waals surface area contributed by atoms with Gasteiger partial charge < -0.3 is 9.84 Å². The number of nitrogens with zero attached hydrogens (tertiary/aromatic N) is 1. The molecule has 14 heavy (non-hydrogen) atoms. The first-order valence-corrected chi connectivity index (χ1v) is 4.54. The van der Waals surface area contributed by atoms with E-state index in [4.69, 9.17) is 5.26 Å². The van der Waals surface area contributed by atoms with Gasteiger partial charge in [-0.25, -0.2) is 4.79 Å². The predicted octanol–water partition coefficient (Wildman–Crippen LogP) is 1.71. The Morgan fingerprint density at radius 3 is 2.86 bits per heavy atom. The lowest BCUT2D eigenvalue weighted by atomic mass is 10.2. The molecule has 5 heteroatoms. The largest absolute Gasteiger partial charge is 0.501 e. The number of aliphatic hydroxyl groups excluding tert-OH is 1. The lowest BCUT2D eigenvalue weighted by Crippen LogP contribution is -2.05. The van der Waals surface area contributed by atoms with Gasteiger partial charge >= 0.3 is 5.97 Å². The van der Waals surface area contributed by atoms with Gasteiger partial charge in [-0.1, -0.05) is 6.07 Å². The van der Waals surface area contributed by atoms with Crippen LogP contribution in [0.3, 0.4) is 0 Å². The maximum absolute atomic E-state index is 10.9. The first-order valence-electron chi connectivity index (χ1n) is 3.66. The Kier molecular flexibility index (Phi) is 3.26. The molecular weight excluding hydrogens is 202 g/mol. The van der Waals surface area contributed by atoms with Crippen LogP contribution in [0.5, 0.6) is 0 Å². The molecule has 0 aromatic carbocycles. The van der Waals surface area contributed by atoms with Crippen LogP contribution in [0, 0.1) is 11.3 Å². The smallest absolute Gasteiger partial charge is 0.374 e. The minimum Gasteiger partial charge on any atom is -0.501 e. The van der Waals surface area contributed by atoms with E-state index in [9.17, 15) is 9.90 Å². The molecule has 1 aromatic rings. The number of allylic oxidation sites excluding steroid dienone is 1. The third kappa shape index (κ3) is 1.92. The average Bonchev–Trinajstić information content (AvgIpc) is 2.71.